The van der Waals surface area contributed by atoms with E-state index in [1.165, 1.54) is 0 Å². The maximum Gasteiger partial charge on any atom is 0.355 e. The number of aromatic nitrogens is 6. The maximum atomic E-state index is 11.9. The molecule has 0 unspecified atom stereocenters. The van der Waals surface area contributed by atoms with Crippen molar-refractivity contribution in [2.75, 3.05) is 0 Å². The van der Waals surface area contributed by atoms with Crippen LogP contribution >= 0.6 is 38.9 Å². The molecule has 178 valence electrons. The number of nitrogens with one attached hydrogen (secondary N) is 1. The zero-order valence-electron chi connectivity index (χ0n) is 18.6. The molecule has 2 N–H and O–H groups in total. The van der Waals surface area contributed by atoms with E-state index in [-0.39, 0.29) is 10.8 Å². The summed E-state index contributed by atoms with van der Waals surface area (Å²) >= 11 is 11.7. The number of carboxylic acid groups (broad SMARTS) is 1. The first-order chi connectivity index (χ1) is 17.0. The lowest BCUT2D eigenvalue weighted by molar-refractivity contribution is 0.0685. The predicted octanol–water partition coefficient (Wildman–Crippen LogP) is 6.45. The van der Waals surface area contributed by atoms with Gasteiger partial charge in [0.1, 0.15) is 5.82 Å². The fraction of sp³-hybridized carbons (Fsp3) is 0.208. The summed E-state index contributed by atoms with van der Waals surface area (Å²) in [6, 6.07) is 14.1. The number of H-pyrrole nitrogens is 1. The maximum absolute atomic E-state index is 11.9. The van der Waals surface area contributed by atoms with Gasteiger partial charge in [-0.3, -0.25) is 0 Å². The number of unbranched alkanes of at least 4 members (excludes halogenated alkanes) is 1. The second kappa shape index (κ2) is 9.88. The van der Waals surface area contributed by atoms with E-state index in [9.17, 15) is 9.90 Å². The molecule has 0 aliphatic rings. The van der Waals surface area contributed by atoms with Crippen molar-refractivity contribution < 1.29 is 9.90 Å². The number of aromatic carboxylic acids is 1. The fourth-order valence-corrected chi connectivity index (χ4v) is 6.40. The topological polar surface area (TPSA) is 110 Å². The van der Waals surface area contributed by atoms with Gasteiger partial charge in [0.2, 0.25) is 5.82 Å². The fourth-order valence-electron chi connectivity index (χ4n) is 4.09. The number of tetrazole rings is 1. The number of nitrogens with zero attached hydrogens (tertiary/aromatic N) is 5. The van der Waals surface area contributed by atoms with Gasteiger partial charge >= 0.3 is 5.97 Å². The molecule has 35 heavy (non-hydrogen) atoms. The van der Waals surface area contributed by atoms with Gasteiger partial charge in [-0.25, -0.2) is 9.78 Å². The predicted molar refractivity (Wildman–Crippen MR) is 140 cm³/mol. The van der Waals surface area contributed by atoms with E-state index < -0.39 is 5.97 Å². The molecule has 0 spiro atoms. The van der Waals surface area contributed by atoms with Gasteiger partial charge in [-0.05, 0) is 45.3 Å². The number of hydrogen-bond donors (Lipinski definition) is 2. The normalized spacial score (nSPS) is 11.4. The Morgan fingerprint density at radius 2 is 2.03 bits per heavy atom. The van der Waals surface area contributed by atoms with Crippen molar-refractivity contribution in [2.45, 2.75) is 32.7 Å². The number of imidazole rings is 1. The Hall–Kier alpha value is -3.08. The SMILES string of the molecule is CCCCc1nc(Cl)c(C(=O)O)n1Cc1ccc2sc(-c3ccccc3-c3nn[nH]n3)c(Br)c2c1. The standard InChI is InChI=1S/C24H20BrClN6O2S/c1-2-3-8-18-27-22(26)20(24(33)34)32(18)12-13-9-10-17-16(11-13)19(25)21(35-17)14-6-4-5-7-15(14)23-28-30-31-29-23/h4-7,9-11H,2-3,8,12H2,1H3,(H,33,34)(H,28,29,30,31). The van der Waals surface area contributed by atoms with Crippen LogP contribution in [0.15, 0.2) is 46.9 Å². The van der Waals surface area contributed by atoms with Crippen LogP contribution in [0.25, 0.3) is 31.9 Å². The molecule has 5 rings (SSSR count). The third kappa shape index (κ3) is 4.49. The van der Waals surface area contributed by atoms with Crippen molar-refractivity contribution in [1.82, 2.24) is 30.2 Å². The van der Waals surface area contributed by atoms with Crippen LogP contribution in [0.3, 0.4) is 0 Å². The van der Waals surface area contributed by atoms with Crippen molar-refractivity contribution in [3.63, 3.8) is 0 Å². The monoisotopic (exact) mass is 570 g/mol. The highest BCUT2D eigenvalue weighted by Crippen LogP contribution is 2.45. The number of fused-ring (bicyclic) bond motifs is 1. The smallest absolute Gasteiger partial charge is 0.355 e. The quantitative estimate of drug-likeness (QED) is 0.221. The first kappa shape index (κ1) is 23.7. The van der Waals surface area contributed by atoms with Gasteiger partial charge in [-0.2, -0.15) is 5.21 Å². The number of carboxylic acids is 1. The second-order valence-electron chi connectivity index (χ2n) is 8.02. The highest BCUT2D eigenvalue weighted by molar-refractivity contribution is 9.10. The van der Waals surface area contributed by atoms with Crippen molar-refractivity contribution >= 4 is 54.9 Å². The van der Waals surface area contributed by atoms with E-state index in [2.05, 4.69) is 60.6 Å². The van der Waals surface area contributed by atoms with E-state index in [1.54, 1.807) is 15.9 Å². The van der Waals surface area contributed by atoms with Crippen LogP contribution in [-0.4, -0.2) is 41.3 Å². The largest absolute Gasteiger partial charge is 0.476 e. The number of aryl methyl sites for hydroxylation is 1. The summed E-state index contributed by atoms with van der Waals surface area (Å²) in [5.41, 5.74) is 2.87. The molecule has 0 bridgehead atoms. The number of hydrogen-bond acceptors (Lipinski definition) is 6. The molecule has 5 aromatic rings. The zero-order chi connectivity index (χ0) is 24.5. The molecule has 8 nitrogen and oxygen atoms in total. The summed E-state index contributed by atoms with van der Waals surface area (Å²) in [5, 5.41) is 25.3. The Labute approximate surface area is 218 Å². The first-order valence-electron chi connectivity index (χ1n) is 11.0. The highest BCUT2D eigenvalue weighted by atomic mass is 79.9. The Morgan fingerprint density at radius 3 is 2.74 bits per heavy atom. The summed E-state index contributed by atoms with van der Waals surface area (Å²) in [4.78, 5) is 17.3. The van der Waals surface area contributed by atoms with Crippen LogP contribution in [0.2, 0.25) is 5.15 Å². The number of aromatic amines is 1. The third-order valence-electron chi connectivity index (χ3n) is 5.75. The summed E-state index contributed by atoms with van der Waals surface area (Å²) < 4.78 is 3.78. The summed E-state index contributed by atoms with van der Waals surface area (Å²) in [5.74, 6) is 0.139. The van der Waals surface area contributed by atoms with E-state index in [0.29, 0.717) is 24.6 Å². The molecule has 0 atom stereocenters. The van der Waals surface area contributed by atoms with Gasteiger partial charge in [0, 0.05) is 38.7 Å². The van der Waals surface area contributed by atoms with Crippen LogP contribution < -0.4 is 0 Å². The van der Waals surface area contributed by atoms with Gasteiger partial charge < -0.3 is 9.67 Å². The van der Waals surface area contributed by atoms with Gasteiger partial charge in [0.25, 0.3) is 0 Å². The molecule has 0 radical (unpaired) electrons. The molecular weight excluding hydrogens is 552 g/mol. The van der Waals surface area contributed by atoms with Crippen LogP contribution in [0.4, 0.5) is 0 Å². The van der Waals surface area contributed by atoms with Crippen LogP contribution in [-0.2, 0) is 13.0 Å². The van der Waals surface area contributed by atoms with E-state index in [4.69, 9.17) is 11.6 Å². The van der Waals surface area contributed by atoms with Crippen molar-refractivity contribution in [1.29, 1.82) is 0 Å². The molecule has 0 amide bonds. The minimum atomic E-state index is -1.08. The molecule has 0 aliphatic carbocycles. The second-order valence-corrected chi connectivity index (χ2v) is 10.2. The number of carbonyl (C=O) groups is 1. The molecule has 0 saturated heterocycles. The number of thiophene rings is 1. The van der Waals surface area contributed by atoms with Crippen molar-refractivity contribution in [3.8, 4) is 21.8 Å². The van der Waals surface area contributed by atoms with E-state index >= 15 is 0 Å². The van der Waals surface area contributed by atoms with Gasteiger partial charge in [0.15, 0.2) is 10.8 Å². The Balaban J connectivity index is 1.56. The molecule has 0 fully saturated rings. The Bertz CT molecular complexity index is 1530. The lowest BCUT2D eigenvalue weighted by atomic mass is 10.0. The average molecular weight is 572 g/mol. The first-order valence-corrected chi connectivity index (χ1v) is 13.0. The van der Waals surface area contributed by atoms with Gasteiger partial charge in [-0.15, -0.1) is 21.5 Å². The molecule has 0 aliphatic heterocycles. The van der Waals surface area contributed by atoms with E-state index in [1.807, 2.05) is 30.3 Å². The Kier molecular flexibility index (Phi) is 6.68. The molecule has 3 aromatic heterocycles. The summed E-state index contributed by atoms with van der Waals surface area (Å²) in [6.07, 6.45) is 2.56. The number of rotatable bonds is 8. The Morgan fingerprint density at radius 1 is 1.23 bits per heavy atom. The zero-order valence-corrected chi connectivity index (χ0v) is 21.8. The number of halogens is 2. The van der Waals surface area contributed by atoms with E-state index in [0.717, 1.165) is 49.0 Å². The minimum absolute atomic E-state index is 0.0250. The lowest BCUT2D eigenvalue weighted by Crippen LogP contribution is -2.13. The van der Waals surface area contributed by atoms with Crippen molar-refractivity contribution in [3.05, 3.63) is 69.2 Å². The summed E-state index contributed by atoms with van der Waals surface area (Å²) in [6.45, 7) is 2.46. The molecule has 11 heteroatoms. The van der Waals surface area contributed by atoms with Crippen LogP contribution in [0, 0.1) is 0 Å². The molecule has 0 saturated carbocycles. The number of benzene rings is 2. The lowest BCUT2D eigenvalue weighted by Gasteiger charge is -2.10. The molecular formula is C24H20BrClN6O2S. The van der Waals surface area contributed by atoms with Crippen LogP contribution in [0.1, 0.15) is 41.6 Å². The van der Waals surface area contributed by atoms with Gasteiger partial charge in [0.05, 0.1) is 4.88 Å². The van der Waals surface area contributed by atoms with Gasteiger partial charge in [-0.1, -0.05) is 55.3 Å². The average Bonchev–Trinajstić information content (AvgIpc) is 3.56. The minimum Gasteiger partial charge on any atom is -0.476 e. The highest BCUT2D eigenvalue weighted by Gasteiger charge is 2.22. The van der Waals surface area contributed by atoms with Crippen molar-refractivity contribution in [2.24, 2.45) is 0 Å². The molecule has 2 aromatic carbocycles. The third-order valence-corrected chi connectivity index (χ3v) is 8.30. The molecule has 3 heterocycles. The van der Waals surface area contributed by atoms with Crippen LogP contribution in [0.5, 0.6) is 0 Å². The summed E-state index contributed by atoms with van der Waals surface area (Å²) in [7, 11) is 0.